The molecule has 0 spiro atoms. The lowest BCUT2D eigenvalue weighted by atomic mass is 10.2. The van der Waals surface area contributed by atoms with Gasteiger partial charge in [-0.1, -0.05) is 24.3 Å². The van der Waals surface area contributed by atoms with Crippen molar-refractivity contribution in [2.24, 2.45) is 0 Å². The summed E-state index contributed by atoms with van der Waals surface area (Å²) in [6.45, 7) is 0.202. The summed E-state index contributed by atoms with van der Waals surface area (Å²) in [4.78, 5) is 9.24. The molecule has 0 fully saturated rings. The first-order valence-electron chi connectivity index (χ1n) is 10.1. The van der Waals surface area contributed by atoms with Gasteiger partial charge in [-0.2, -0.15) is 0 Å². The molecule has 166 valence electrons. The molecule has 3 aromatic carbocycles. The molecule has 0 aliphatic rings. The highest BCUT2D eigenvalue weighted by Crippen LogP contribution is 2.36. The molecule has 2 N–H and O–H groups in total. The highest BCUT2D eigenvalue weighted by atomic mass is 32.2. The van der Waals surface area contributed by atoms with Crippen molar-refractivity contribution in [3.05, 3.63) is 84.2 Å². The second-order valence-corrected chi connectivity index (χ2v) is 9.38. The van der Waals surface area contributed by atoms with E-state index in [0.717, 1.165) is 5.56 Å². The van der Waals surface area contributed by atoms with Crippen LogP contribution in [0.25, 0.3) is 22.2 Å². The molecular formula is C24H19FN4O3S. The Balaban J connectivity index is 1.77. The van der Waals surface area contributed by atoms with Crippen LogP contribution in [0, 0.1) is 5.82 Å². The van der Waals surface area contributed by atoms with Gasteiger partial charge in [-0.05, 0) is 54.1 Å². The molecular weight excluding hydrogens is 443 g/mol. The lowest BCUT2D eigenvalue weighted by Crippen LogP contribution is -2.09. The molecule has 0 unspecified atom stereocenters. The molecule has 0 saturated carbocycles. The van der Waals surface area contributed by atoms with Gasteiger partial charge in [-0.15, -0.1) is 0 Å². The lowest BCUT2D eigenvalue weighted by Gasteiger charge is -2.09. The molecule has 5 aromatic rings. The van der Waals surface area contributed by atoms with Crippen molar-refractivity contribution in [2.75, 3.05) is 12.8 Å². The fourth-order valence-electron chi connectivity index (χ4n) is 3.76. The lowest BCUT2D eigenvalue weighted by molar-refractivity contribution is 0.414. The molecule has 0 bridgehead atoms. The number of anilines is 1. The number of hydrogen-bond donors (Lipinski definition) is 1. The van der Waals surface area contributed by atoms with E-state index < -0.39 is 9.84 Å². The number of sulfone groups is 1. The Kier molecular flexibility index (Phi) is 4.98. The summed E-state index contributed by atoms with van der Waals surface area (Å²) in [5.74, 6) is 0.185. The zero-order valence-corrected chi connectivity index (χ0v) is 18.4. The number of rotatable bonds is 5. The number of hydrogen-bond acceptors (Lipinski definition) is 6. The summed E-state index contributed by atoms with van der Waals surface area (Å²) in [5.41, 5.74) is 8.86. The average Bonchev–Trinajstić information content (AvgIpc) is 3.09. The Morgan fingerprint density at radius 2 is 1.58 bits per heavy atom. The smallest absolute Gasteiger partial charge is 0.212 e. The number of para-hydroxylation sites is 2. The fraction of sp³-hybridized carbons (Fsp3) is 0.0833. The van der Waals surface area contributed by atoms with Gasteiger partial charge < -0.3 is 15.0 Å². The maximum atomic E-state index is 13.7. The van der Waals surface area contributed by atoms with Gasteiger partial charge in [0.05, 0.1) is 29.6 Å². The molecule has 0 radical (unpaired) electrons. The Labute approximate surface area is 189 Å². The van der Waals surface area contributed by atoms with Gasteiger partial charge in [0.1, 0.15) is 27.8 Å². The van der Waals surface area contributed by atoms with E-state index in [2.05, 4.69) is 9.97 Å². The highest BCUT2D eigenvalue weighted by Gasteiger charge is 2.30. The number of halogens is 1. The first kappa shape index (κ1) is 20.9. The number of aromatic nitrogens is 3. The van der Waals surface area contributed by atoms with Gasteiger partial charge in [-0.25, -0.2) is 22.8 Å². The van der Waals surface area contributed by atoms with Crippen molar-refractivity contribution in [3.8, 4) is 5.75 Å². The third-order valence-corrected chi connectivity index (χ3v) is 7.27. The fourth-order valence-corrected chi connectivity index (χ4v) is 5.27. The molecule has 0 atom stereocenters. The Morgan fingerprint density at radius 1 is 0.939 bits per heavy atom. The van der Waals surface area contributed by atoms with Crippen molar-refractivity contribution in [1.82, 2.24) is 14.5 Å². The molecule has 2 aromatic heterocycles. The predicted octanol–water partition coefficient (Wildman–Crippen LogP) is 4.20. The minimum atomic E-state index is -4.03. The summed E-state index contributed by atoms with van der Waals surface area (Å²) >= 11 is 0. The van der Waals surface area contributed by atoms with Crippen molar-refractivity contribution < 1.29 is 17.5 Å². The zero-order chi connectivity index (χ0) is 23.2. The summed E-state index contributed by atoms with van der Waals surface area (Å²) in [5, 5.41) is 0. The molecule has 2 heterocycles. The Morgan fingerprint density at radius 3 is 2.21 bits per heavy atom. The molecule has 7 nitrogen and oxygen atoms in total. The summed E-state index contributed by atoms with van der Waals surface area (Å²) in [6.07, 6.45) is 0. The number of nitrogen functional groups attached to an aromatic ring is 1. The first-order chi connectivity index (χ1) is 15.9. The van der Waals surface area contributed by atoms with E-state index in [1.165, 1.54) is 31.4 Å². The van der Waals surface area contributed by atoms with Gasteiger partial charge in [0.2, 0.25) is 9.84 Å². The molecule has 5 rings (SSSR count). The maximum Gasteiger partial charge on any atom is 0.212 e. The van der Waals surface area contributed by atoms with E-state index in [4.69, 9.17) is 10.5 Å². The third kappa shape index (κ3) is 3.56. The van der Waals surface area contributed by atoms with E-state index in [1.807, 2.05) is 6.07 Å². The van der Waals surface area contributed by atoms with Crippen LogP contribution in [0.5, 0.6) is 5.75 Å². The maximum absolute atomic E-state index is 13.7. The van der Waals surface area contributed by atoms with Gasteiger partial charge in [0, 0.05) is 0 Å². The summed E-state index contributed by atoms with van der Waals surface area (Å²) in [6, 6.07) is 19.2. The van der Waals surface area contributed by atoms with E-state index in [0.29, 0.717) is 22.4 Å². The number of benzene rings is 3. The van der Waals surface area contributed by atoms with Crippen LogP contribution >= 0.6 is 0 Å². The molecule has 33 heavy (non-hydrogen) atoms. The van der Waals surface area contributed by atoms with Crippen molar-refractivity contribution in [3.63, 3.8) is 0 Å². The van der Waals surface area contributed by atoms with Crippen molar-refractivity contribution in [2.45, 2.75) is 16.3 Å². The van der Waals surface area contributed by atoms with Crippen LogP contribution in [0.15, 0.2) is 82.6 Å². The minimum absolute atomic E-state index is 0.0143. The number of ether oxygens (including phenoxy) is 1. The second-order valence-electron chi connectivity index (χ2n) is 7.49. The standard InChI is InChI=1S/C24H19FN4O3S/c1-32-17-10-12-18(13-11-17)33(30,31)22-21-24(28-20-5-3-2-4-19(20)27-21)29(23(22)26)14-15-6-8-16(25)9-7-15/h2-13H,14,26H2,1H3. The number of nitrogens with zero attached hydrogens (tertiary/aromatic N) is 3. The van der Waals surface area contributed by atoms with Gasteiger partial charge in [0.15, 0.2) is 5.65 Å². The third-order valence-electron chi connectivity index (χ3n) is 5.44. The molecule has 0 saturated heterocycles. The van der Waals surface area contributed by atoms with Crippen LogP contribution in [-0.2, 0) is 16.4 Å². The van der Waals surface area contributed by atoms with Gasteiger partial charge in [0.25, 0.3) is 0 Å². The predicted molar refractivity (Wildman–Crippen MR) is 123 cm³/mol. The molecule has 9 heteroatoms. The topological polar surface area (TPSA) is 100 Å². The van der Waals surface area contributed by atoms with E-state index in [9.17, 15) is 12.8 Å². The van der Waals surface area contributed by atoms with Crippen molar-refractivity contribution in [1.29, 1.82) is 0 Å². The van der Waals surface area contributed by atoms with Gasteiger partial charge in [-0.3, -0.25) is 0 Å². The van der Waals surface area contributed by atoms with Gasteiger partial charge >= 0.3 is 0 Å². The van der Waals surface area contributed by atoms with E-state index in [1.54, 1.807) is 47.0 Å². The second kappa shape index (κ2) is 7.86. The number of methoxy groups -OCH3 is 1. The zero-order valence-electron chi connectivity index (χ0n) is 17.6. The molecule has 0 aliphatic carbocycles. The molecule has 0 amide bonds. The van der Waals surface area contributed by atoms with E-state index >= 15 is 0 Å². The SMILES string of the molecule is COc1ccc(S(=O)(=O)c2c(N)n(Cc3ccc(F)cc3)c3nc4ccccc4nc23)cc1. The number of fused-ring (bicyclic) bond motifs is 2. The highest BCUT2D eigenvalue weighted by molar-refractivity contribution is 7.92. The van der Waals surface area contributed by atoms with Crippen molar-refractivity contribution >= 4 is 37.9 Å². The van der Waals surface area contributed by atoms with Crippen LogP contribution in [0.2, 0.25) is 0 Å². The van der Waals surface area contributed by atoms with Crippen LogP contribution in [-0.4, -0.2) is 30.1 Å². The van der Waals surface area contributed by atoms with Crippen LogP contribution in [0.4, 0.5) is 10.2 Å². The van der Waals surface area contributed by atoms with Crippen LogP contribution < -0.4 is 10.5 Å². The monoisotopic (exact) mass is 462 g/mol. The Hall–Kier alpha value is -3.98. The van der Waals surface area contributed by atoms with E-state index in [-0.39, 0.29) is 33.5 Å². The Bertz CT molecular complexity index is 1600. The minimum Gasteiger partial charge on any atom is -0.497 e. The summed E-state index contributed by atoms with van der Waals surface area (Å²) < 4.78 is 47.5. The van der Waals surface area contributed by atoms with Crippen LogP contribution in [0.1, 0.15) is 5.56 Å². The number of nitrogens with two attached hydrogens (primary N) is 1. The molecule has 0 aliphatic heterocycles. The normalized spacial score (nSPS) is 11.8. The quantitative estimate of drug-likeness (QED) is 0.420. The first-order valence-corrected chi connectivity index (χ1v) is 11.5. The average molecular weight is 463 g/mol. The summed E-state index contributed by atoms with van der Waals surface area (Å²) in [7, 11) is -2.53. The largest absolute Gasteiger partial charge is 0.497 e. The van der Waals surface area contributed by atoms with Crippen LogP contribution in [0.3, 0.4) is 0 Å².